The first-order chi connectivity index (χ1) is 10.6. The topological polar surface area (TPSA) is 23.6 Å². The Morgan fingerprint density at radius 1 is 1.39 bits per heavy atom. The lowest BCUT2D eigenvalue weighted by molar-refractivity contribution is -0.137. The van der Waals surface area contributed by atoms with Crippen molar-refractivity contribution in [2.24, 2.45) is 5.92 Å². The highest BCUT2D eigenvalue weighted by molar-refractivity contribution is 6.30. The summed E-state index contributed by atoms with van der Waals surface area (Å²) in [7, 11) is 1.87. The lowest BCUT2D eigenvalue weighted by atomic mass is 10.1. The zero-order chi connectivity index (χ0) is 17.2. The molecule has 1 aromatic carbocycles. The van der Waals surface area contributed by atoms with Gasteiger partial charge in [-0.2, -0.15) is 13.2 Å². The summed E-state index contributed by atoms with van der Waals surface area (Å²) in [6.07, 6.45) is -3.47. The molecule has 1 aliphatic heterocycles. The predicted molar refractivity (Wildman–Crippen MR) is 83.1 cm³/mol. The summed E-state index contributed by atoms with van der Waals surface area (Å²) in [5.74, 6) is 0.421. The number of amides is 1. The number of hydrogen-bond donors (Lipinski definition) is 0. The van der Waals surface area contributed by atoms with Gasteiger partial charge in [0.1, 0.15) is 0 Å². The van der Waals surface area contributed by atoms with Crippen molar-refractivity contribution >= 4 is 17.5 Å². The van der Waals surface area contributed by atoms with E-state index in [2.05, 4.69) is 0 Å². The van der Waals surface area contributed by atoms with Gasteiger partial charge in [-0.1, -0.05) is 11.6 Å². The smallest absolute Gasteiger partial charge is 0.343 e. The Kier molecular flexibility index (Phi) is 5.57. The molecule has 1 amide bonds. The van der Waals surface area contributed by atoms with Crippen LogP contribution in [0.3, 0.4) is 0 Å². The molecule has 1 heterocycles. The summed E-state index contributed by atoms with van der Waals surface area (Å²) in [4.78, 5) is 15.1. The molecule has 1 aliphatic rings. The summed E-state index contributed by atoms with van der Waals surface area (Å²) in [5, 5.41) is 0.0897. The van der Waals surface area contributed by atoms with Crippen LogP contribution in [0.15, 0.2) is 18.2 Å². The van der Waals surface area contributed by atoms with E-state index in [9.17, 15) is 18.0 Å². The quantitative estimate of drug-likeness (QED) is 0.829. The number of likely N-dealkylation sites (tertiary alicyclic amines) is 1. The highest BCUT2D eigenvalue weighted by Crippen LogP contribution is 2.32. The molecule has 1 aromatic rings. The number of carbonyl (C=O) groups excluding carboxylic acids is 1. The van der Waals surface area contributed by atoms with Gasteiger partial charge in [-0.15, -0.1) is 0 Å². The summed E-state index contributed by atoms with van der Waals surface area (Å²) in [5.41, 5.74) is -0.189. The second-order valence-electron chi connectivity index (χ2n) is 6.16. The van der Waals surface area contributed by atoms with Crippen LogP contribution in [0, 0.1) is 5.92 Å². The van der Waals surface area contributed by atoms with E-state index in [0.717, 1.165) is 31.6 Å². The van der Waals surface area contributed by atoms with E-state index in [-0.39, 0.29) is 10.9 Å². The Morgan fingerprint density at radius 3 is 2.65 bits per heavy atom. The normalized spacial score (nSPS) is 18.7. The number of benzene rings is 1. The van der Waals surface area contributed by atoms with E-state index in [1.807, 2.05) is 11.9 Å². The molecule has 1 fully saturated rings. The van der Waals surface area contributed by atoms with Crippen LogP contribution >= 0.6 is 11.6 Å². The fourth-order valence-electron chi connectivity index (χ4n) is 2.99. The molecular weight excluding hydrogens is 329 g/mol. The molecule has 0 aliphatic carbocycles. The number of rotatable bonds is 4. The molecule has 0 bridgehead atoms. The molecule has 0 saturated carbocycles. The highest BCUT2D eigenvalue weighted by atomic mass is 35.5. The Hall–Kier alpha value is -1.27. The van der Waals surface area contributed by atoms with Crippen LogP contribution in [0.5, 0.6) is 0 Å². The first-order valence-electron chi connectivity index (χ1n) is 7.46. The Morgan fingerprint density at radius 2 is 2.09 bits per heavy atom. The highest BCUT2D eigenvalue weighted by Gasteiger charge is 2.31. The van der Waals surface area contributed by atoms with E-state index in [1.165, 1.54) is 0 Å². The molecule has 1 unspecified atom stereocenters. The molecule has 128 valence electrons. The van der Waals surface area contributed by atoms with Crippen molar-refractivity contribution in [1.29, 1.82) is 0 Å². The summed E-state index contributed by atoms with van der Waals surface area (Å²) < 4.78 is 38.5. The molecule has 1 atom stereocenters. The van der Waals surface area contributed by atoms with Gasteiger partial charge in [0.25, 0.3) is 0 Å². The maximum absolute atomic E-state index is 12.8. The number of carbonyl (C=O) groups is 1. The molecule has 0 aromatic heterocycles. The molecule has 3 nitrogen and oxygen atoms in total. The van der Waals surface area contributed by atoms with Gasteiger partial charge < -0.3 is 9.80 Å². The lowest BCUT2D eigenvalue weighted by Crippen LogP contribution is -2.30. The van der Waals surface area contributed by atoms with Gasteiger partial charge in [0.15, 0.2) is 0 Å². The maximum Gasteiger partial charge on any atom is 0.416 e. The van der Waals surface area contributed by atoms with Gasteiger partial charge in [0.2, 0.25) is 5.91 Å². The molecule has 0 N–H and O–H groups in total. The van der Waals surface area contributed by atoms with Gasteiger partial charge in [-0.05, 0) is 43.1 Å². The van der Waals surface area contributed by atoms with Crippen molar-refractivity contribution in [3.8, 4) is 0 Å². The predicted octanol–water partition coefficient (Wildman–Crippen LogP) is 3.66. The molecule has 0 radical (unpaired) electrons. The number of nitrogens with zero attached hydrogens (tertiary/aromatic N) is 2. The monoisotopic (exact) mass is 348 g/mol. The fourth-order valence-corrected chi connectivity index (χ4v) is 3.25. The number of halogens is 4. The molecule has 2 rings (SSSR count). The Labute approximate surface area is 139 Å². The van der Waals surface area contributed by atoms with Crippen LogP contribution in [-0.4, -0.2) is 42.4 Å². The standard InChI is InChI=1S/C16H20ClF3N2O/c1-11(23)22-4-3-12(10-22)8-21(2)9-13-5-14(16(18,19)20)7-15(17)6-13/h5-7,12H,3-4,8-10H2,1-2H3. The third kappa shape index (κ3) is 5.11. The van der Waals surface area contributed by atoms with Gasteiger partial charge >= 0.3 is 6.18 Å². The van der Waals surface area contributed by atoms with Crippen LogP contribution in [-0.2, 0) is 17.5 Å². The van der Waals surface area contributed by atoms with Crippen molar-refractivity contribution < 1.29 is 18.0 Å². The van der Waals surface area contributed by atoms with Gasteiger partial charge in [0.05, 0.1) is 5.56 Å². The number of hydrogen-bond acceptors (Lipinski definition) is 2. The Balaban J connectivity index is 1.97. The van der Waals surface area contributed by atoms with Crippen molar-refractivity contribution in [1.82, 2.24) is 9.80 Å². The third-order valence-corrected chi connectivity index (χ3v) is 4.26. The van der Waals surface area contributed by atoms with E-state index < -0.39 is 11.7 Å². The zero-order valence-electron chi connectivity index (χ0n) is 13.2. The second kappa shape index (κ2) is 7.09. The van der Waals surface area contributed by atoms with Crippen molar-refractivity contribution in [3.05, 3.63) is 34.3 Å². The van der Waals surface area contributed by atoms with Crippen molar-refractivity contribution in [2.45, 2.75) is 26.1 Å². The molecule has 1 saturated heterocycles. The van der Waals surface area contributed by atoms with Gasteiger partial charge in [0, 0.05) is 38.1 Å². The second-order valence-corrected chi connectivity index (χ2v) is 6.60. The zero-order valence-corrected chi connectivity index (χ0v) is 13.9. The summed E-state index contributed by atoms with van der Waals surface area (Å²) in [6, 6.07) is 3.63. The first-order valence-corrected chi connectivity index (χ1v) is 7.83. The summed E-state index contributed by atoms with van der Waals surface area (Å²) in [6.45, 7) is 4.14. The minimum absolute atomic E-state index is 0.0693. The number of alkyl halides is 3. The fraction of sp³-hybridized carbons (Fsp3) is 0.562. The van der Waals surface area contributed by atoms with E-state index in [1.54, 1.807) is 17.9 Å². The van der Waals surface area contributed by atoms with Crippen molar-refractivity contribution in [3.63, 3.8) is 0 Å². The van der Waals surface area contributed by atoms with E-state index in [0.29, 0.717) is 24.6 Å². The third-order valence-electron chi connectivity index (χ3n) is 4.04. The van der Waals surface area contributed by atoms with E-state index >= 15 is 0 Å². The Bertz CT molecular complexity index is 577. The minimum atomic E-state index is -4.40. The van der Waals surface area contributed by atoms with Crippen LogP contribution in [0.2, 0.25) is 5.02 Å². The maximum atomic E-state index is 12.8. The lowest BCUT2D eigenvalue weighted by Gasteiger charge is -2.22. The average Bonchev–Trinajstić information content (AvgIpc) is 2.85. The minimum Gasteiger partial charge on any atom is -0.343 e. The largest absolute Gasteiger partial charge is 0.416 e. The van der Waals surface area contributed by atoms with Crippen molar-refractivity contribution in [2.75, 3.05) is 26.7 Å². The SMILES string of the molecule is CC(=O)N1CCC(CN(C)Cc2cc(Cl)cc(C(F)(F)F)c2)C1. The van der Waals surface area contributed by atoms with Crippen LogP contribution in [0.1, 0.15) is 24.5 Å². The molecule has 23 heavy (non-hydrogen) atoms. The van der Waals surface area contributed by atoms with Crippen LogP contribution in [0.4, 0.5) is 13.2 Å². The molecular formula is C16H20ClF3N2O. The first kappa shape index (κ1) is 18.1. The van der Waals surface area contributed by atoms with Crippen LogP contribution in [0.25, 0.3) is 0 Å². The summed E-state index contributed by atoms with van der Waals surface area (Å²) >= 11 is 5.80. The average molecular weight is 349 g/mol. The van der Waals surface area contributed by atoms with Crippen LogP contribution < -0.4 is 0 Å². The molecule has 7 heteroatoms. The molecule has 0 spiro atoms. The van der Waals surface area contributed by atoms with E-state index in [4.69, 9.17) is 11.6 Å². The van der Waals surface area contributed by atoms with Gasteiger partial charge in [-0.3, -0.25) is 4.79 Å². The van der Waals surface area contributed by atoms with Gasteiger partial charge in [-0.25, -0.2) is 0 Å².